The van der Waals surface area contributed by atoms with Crippen molar-refractivity contribution in [2.75, 3.05) is 18.9 Å². The summed E-state index contributed by atoms with van der Waals surface area (Å²) >= 11 is 0. The van der Waals surface area contributed by atoms with Crippen LogP contribution < -0.4 is 5.32 Å². The zero-order chi connectivity index (χ0) is 19.1. The number of aromatic nitrogens is 5. The Labute approximate surface area is 160 Å². The van der Waals surface area contributed by atoms with Crippen LogP contribution in [-0.2, 0) is 0 Å². The Kier molecular flexibility index (Phi) is 3.71. The first-order valence-corrected chi connectivity index (χ1v) is 8.86. The fraction of sp³-hybridized carbons (Fsp3) is 0.158. The molecule has 0 bridgehead atoms. The van der Waals surface area contributed by atoms with Gasteiger partial charge in [0.1, 0.15) is 5.75 Å². The molecule has 0 spiro atoms. The van der Waals surface area contributed by atoms with Gasteiger partial charge in [-0.25, -0.2) is 9.97 Å². The Morgan fingerprint density at radius 2 is 2.14 bits per heavy atom. The third-order valence-corrected chi connectivity index (χ3v) is 4.79. The second-order valence-corrected chi connectivity index (χ2v) is 6.69. The SMILES string of the molecule is CN1CC(c2cnc3c(Nc4ccc(O)c(-c5ccn[nH]5)c4)nccn23)C=N1. The molecular formula is C19H18N8O. The normalized spacial score (nSPS) is 16.2. The summed E-state index contributed by atoms with van der Waals surface area (Å²) in [6, 6.07) is 7.08. The Morgan fingerprint density at radius 3 is 2.93 bits per heavy atom. The molecule has 0 saturated heterocycles. The monoisotopic (exact) mass is 374 g/mol. The van der Waals surface area contributed by atoms with Crippen LogP contribution in [0.4, 0.5) is 11.5 Å². The van der Waals surface area contributed by atoms with Crippen LogP contribution in [0.15, 0.2) is 54.2 Å². The minimum absolute atomic E-state index is 0.175. The van der Waals surface area contributed by atoms with Gasteiger partial charge in [-0.05, 0) is 24.3 Å². The molecule has 3 aromatic heterocycles. The molecule has 4 heterocycles. The molecule has 140 valence electrons. The van der Waals surface area contributed by atoms with E-state index in [-0.39, 0.29) is 11.7 Å². The molecule has 1 aliphatic heterocycles. The van der Waals surface area contributed by atoms with Crippen LogP contribution in [0.25, 0.3) is 16.9 Å². The van der Waals surface area contributed by atoms with Crippen LogP contribution >= 0.6 is 0 Å². The molecule has 1 unspecified atom stereocenters. The molecule has 9 nitrogen and oxygen atoms in total. The number of hydrogen-bond donors (Lipinski definition) is 3. The van der Waals surface area contributed by atoms with Gasteiger partial charge in [-0.2, -0.15) is 10.2 Å². The molecule has 28 heavy (non-hydrogen) atoms. The maximum absolute atomic E-state index is 10.2. The molecule has 0 aliphatic carbocycles. The van der Waals surface area contributed by atoms with E-state index in [9.17, 15) is 5.11 Å². The van der Waals surface area contributed by atoms with Crippen molar-refractivity contribution in [3.8, 4) is 17.0 Å². The van der Waals surface area contributed by atoms with Crippen LogP contribution in [0, 0.1) is 0 Å². The number of benzene rings is 1. The van der Waals surface area contributed by atoms with Crippen molar-refractivity contribution in [2.45, 2.75) is 5.92 Å². The van der Waals surface area contributed by atoms with Gasteiger partial charge in [0.2, 0.25) is 0 Å². The fourth-order valence-electron chi connectivity index (χ4n) is 3.42. The van der Waals surface area contributed by atoms with Crippen molar-refractivity contribution in [3.05, 3.63) is 54.7 Å². The molecule has 9 heteroatoms. The zero-order valence-corrected chi connectivity index (χ0v) is 15.1. The summed E-state index contributed by atoms with van der Waals surface area (Å²) < 4.78 is 2.03. The van der Waals surface area contributed by atoms with Crippen LogP contribution in [-0.4, -0.2) is 54.5 Å². The van der Waals surface area contributed by atoms with E-state index in [0.717, 1.165) is 29.3 Å². The van der Waals surface area contributed by atoms with Gasteiger partial charge in [0, 0.05) is 49.6 Å². The summed E-state index contributed by atoms with van der Waals surface area (Å²) in [4.78, 5) is 9.02. The van der Waals surface area contributed by atoms with Gasteiger partial charge in [-0.15, -0.1) is 0 Å². The van der Waals surface area contributed by atoms with Crippen LogP contribution in [0.2, 0.25) is 0 Å². The van der Waals surface area contributed by atoms with Crippen molar-refractivity contribution in [1.82, 2.24) is 29.6 Å². The van der Waals surface area contributed by atoms with Crippen molar-refractivity contribution in [2.24, 2.45) is 5.10 Å². The van der Waals surface area contributed by atoms with E-state index in [1.165, 1.54) is 0 Å². The van der Waals surface area contributed by atoms with Crippen molar-refractivity contribution >= 4 is 23.4 Å². The number of phenolic OH excluding ortho intramolecular Hbond substituents is 1. The highest BCUT2D eigenvalue weighted by atomic mass is 16.3. The van der Waals surface area contributed by atoms with E-state index < -0.39 is 0 Å². The first-order valence-electron chi connectivity index (χ1n) is 8.86. The number of H-pyrrole nitrogens is 1. The van der Waals surface area contributed by atoms with Crippen LogP contribution in [0.5, 0.6) is 5.75 Å². The number of imidazole rings is 1. The molecule has 1 aromatic carbocycles. The number of fused-ring (bicyclic) bond motifs is 1. The smallest absolute Gasteiger partial charge is 0.180 e. The lowest BCUT2D eigenvalue weighted by molar-refractivity contribution is 0.380. The van der Waals surface area contributed by atoms with E-state index in [1.807, 2.05) is 41.1 Å². The summed E-state index contributed by atoms with van der Waals surface area (Å²) in [6.07, 6.45) is 9.10. The second kappa shape index (κ2) is 6.38. The Balaban J connectivity index is 1.50. The molecule has 0 radical (unpaired) electrons. The lowest BCUT2D eigenvalue weighted by atomic mass is 10.1. The predicted octanol–water partition coefficient (Wildman–Crippen LogP) is 2.58. The third kappa shape index (κ3) is 2.73. The predicted molar refractivity (Wildman–Crippen MR) is 106 cm³/mol. The summed E-state index contributed by atoms with van der Waals surface area (Å²) in [5, 5.41) is 26.5. The average Bonchev–Trinajstić information content (AvgIpc) is 3.43. The van der Waals surface area contributed by atoms with Gasteiger partial charge >= 0.3 is 0 Å². The van der Waals surface area contributed by atoms with E-state index >= 15 is 0 Å². The van der Waals surface area contributed by atoms with E-state index in [0.29, 0.717) is 11.4 Å². The van der Waals surface area contributed by atoms with Gasteiger partial charge < -0.3 is 10.4 Å². The lowest BCUT2D eigenvalue weighted by Crippen LogP contribution is -2.13. The minimum atomic E-state index is 0.175. The first-order chi connectivity index (χ1) is 13.7. The number of aromatic amines is 1. The number of rotatable bonds is 4. The zero-order valence-electron chi connectivity index (χ0n) is 15.1. The largest absolute Gasteiger partial charge is 0.507 e. The number of hydrazone groups is 1. The quantitative estimate of drug-likeness (QED) is 0.474. The number of nitrogens with zero attached hydrogens (tertiary/aromatic N) is 6. The van der Waals surface area contributed by atoms with E-state index in [4.69, 9.17) is 0 Å². The fourth-order valence-corrected chi connectivity index (χ4v) is 3.42. The highest BCUT2D eigenvalue weighted by molar-refractivity contribution is 5.77. The highest BCUT2D eigenvalue weighted by Crippen LogP contribution is 2.32. The first kappa shape index (κ1) is 16.3. The molecular weight excluding hydrogens is 356 g/mol. The maximum atomic E-state index is 10.2. The molecule has 1 atom stereocenters. The van der Waals surface area contributed by atoms with Crippen molar-refractivity contribution in [3.63, 3.8) is 0 Å². The Bertz CT molecular complexity index is 1160. The highest BCUT2D eigenvalue weighted by Gasteiger charge is 2.21. The number of hydrogen-bond acceptors (Lipinski definition) is 7. The van der Waals surface area contributed by atoms with E-state index in [2.05, 4.69) is 30.6 Å². The van der Waals surface area contributed by atoms with Gasteiger partial charge in [0.05, 0.1) is 23.5 Å². The number of likely N-dealkylation sites (N-methyl/N-ethyl adjacent to an activating group) is 1. The van der Waals surface area contributed by atoms with Crippen LogP contribution in [0.3, 0.4) is 0 Å². The number of aromatic hydroxyl groups is 1. The molecule has 1 aliphatic rings. The summed E-state index contributed by atoms with van der Waals surface area (Å²) in [5.41, 5.74) is 3.98. The van der Waals surface area contributed by atoms with Crippen LogP contribution in [0.1, 0.15) is 11.6 Å². The molecule has 0 amide bonds. The Morgan fingerprint density at radius 1 is 1.21 bits per heavy atom. The van der Waals surface area contributed by atoms with Gasteiger partial charge in [0.25, 0.3) is 0 Å². The van der Waals surface area contributed by atoms with Crippen molar-refractivity contribution < 1.29 is 5.11 Å². The topological polar surface area (TPSA) is 107 Å². The van der Waals surface area contributed by atoms with Crippen molar-refractivity contribution in [1.29, 1.82) is 0 Å². The number of phenols is 1. The van der Waals surface area contributed by atoms with Gasteiger partial charge in [-0.1, -0.05) is 0 Å². The average molecular weight is 374 g/mol. The minimum Gasteiger partial charge on any atom is -0.507 e. The molecule has 5 rings (SSSR count). The molecule has 3 N–H and O–H groups in total. The lowest BCUT2D eigenvalue weighted by Gasteiger charge is -2.12. The Hall–Kier alpha value is -3.88. The maximum Gasteiger partial charge on any atom is 0.180 e. The molecule has 0 saturated carbocycles. The summed E-state index contributed by atoms with van der Waals surface area (Å²) in [6.45, 7) is 0.824. The standard InChI is InChI=1S/C19H18N8O/c1-26-11-12(9-23-26)16-10-21-19-18(20-6-7-27(16)19)24-13-2-3-17(28)14(8-13)15-4-5-22-25-15/h2-10,12,28H,11H2,1H3,(H,20,24)(H,22,25). The van der Waals surface area contributed by atoms with Gasteiger partial charge in [-0.3, -0.25) is 14.5 Å². The second-order valence-electron chi connectivity index (χ2n) is 6.69. The number of nitrogens with one attached hydrogen (secondary N) is 2. The van der Waals surface area contributed by atoms with Gasteiger partial charge in [0.15, 0.2) is 11.5 Å². The third-order valence-electron chi connectivity index (χ3n) is 4.79. The molecule has 0 fully saturated rings. The number of anilines is 2. The molecule has 4 aromatic rings. The van der Waals surface area contributed by atoms with E-state index in [1.54, 1.807) is 30.6 Å². The summed E-state index contributed by atoms with van der Waals surface area (Å²) in [5.74, 6) is 1.00. The summed E-state index contributed by atoms with van der Waals surface area (Å²) in [7, 11) is 1.95.